The van der Waals surface area contributed by atoms with Gasteiger partial charge in [-0.05, 0) is 35.9 Å². The Balaban J connectivity index is 1.84. The van der Waals surface area contributed by atoms with E-state index in [4.69, 9.17) is 4.42 Å². The van der Waals surface area contributed by atoms with Crippen molar-refractivity contribution in [2.45, 2.75) is 0 Å². The maximum absolute atomic E-state index is 5.74. The largest absolute Gasteiger partial charge is 0.457 e. The molecule has 0 radical (unpaired) electrons. The van der Waals surface area contributed by atoms with Crippen LogP contribution >= 0.6 is 0 Å². The van der Waals surface area contributed by atoms with E-state index in [-0.39, 0.29) is 0 Å². The van der Waals surface area contributed by atoms with Gasteiger partial charge in [0.05, 0.1) is 0 Å². The first-order valence-corrected chi connectivity index (χ1v) is 6.29. The minimum atomic E-state index is 0.874. The number of furan rings is 1. The molecule has 0 amide bonds. The lowest BCUT2D eigenvalue weighted by atomic mass is 10.2. The number of hydrogen-bond acceptors (Lipinski definition) is 2. The maximum atomic E-state index is 5.74. The Kier molecular flexibility index (Phi) is 3.07. The van der Waals surface area contributed by atoms with Gasteiger partial charge in [0.25, 0.3) is 0 Å². The van der Waals surface area contributed by atoms with Crippen molar-refractivity contribution in [2.24, 2.45) is 0 Å². The normalized spacial score (nSPS) is 11.2. The van der Waals surface area contributed by atoms with E-state index in [1.54, 1.807) is 0 Å². The maximum Gasteiger partial charge on any atom is 0.134 e. The van der Waals surface area contributed by atoms with Crippen LogP contribution in [-0.4, -0.2) is 7.05 Å². The summed E-state index contributed by atoms with van der Waals surface area (Å²) in [6.45, 7) is 0. The first kappa shape index (κ1) is 11.6. The average molecular weight is 249 g/mol. The van der Waals surface area contributed by atoms with Crippen LogP contribution in [0.4, 0.5) is 5.69 Å². The zero-order chi connectivity index (χ0) is 13.1. The molecule has 0 saturated heterocycles. The van der Waals surface area contributed by atoms with Crippen molar-refractivity contribution in [1.29, 1.82) is 0 Å². The van der Waals surface area contributed by atoms with Crippen LogP contribution in [0.5, 0.6) is 0 Å². The van der Waals surface area contributed by atoms with Crippen LogP contribution in [0.3, 0.4) is 0 Å². The second kappa shape index (κ2) is 5.02. The molecule has 0 atom stereocenters. The van der Waals surface area contributed by atoms with Crippen molar-refractivity contribution in [3.8, 4) is 0 Å². The predicted molar refractivity (Wildman–Crippen MR) is 81.1 cm³/mol. The molecule has 2 nitrogen and oxygen atoms in total. The van der Waals surface area contributed by atoms with Crippen LogP contribution in [0.1, 0.15) is 11.3 Å². The molecule has 0 spiro atoms. The number of rotatable bonds is 3. The fraction of sp³-hybridized carbons (Fsp3) is 0.0588. The Labute approximate surface area is 112 Å². The summed E-state index contributed by atoms with van der Waals surface area (Å²) in [6.07, 6.45) is 4.05. The second-order valence-corrected chi connectivity index (χ2v) is 4.39. The summed E-state index contributed by atoms with van der Waals surface area (Å²) in [4.78, 5) is 0. The van der Waals surface area contributed by atoms with Gasteiger partial charge in [-0.3, -0.25) is 0 Å². The van der Waals surface area contributed by atoms with Crippen LogP contribution in [0.15, 0.2) is 59.0 Å². The highest BCUT2D eigenvalue weighted by atomic mass is 16.3. The van der Waals surface area contributed by atoms with Crippen LogP contribution < -0.4 is 5.32 Å². The van der Waals surface area contributed by atoms with Gasteiger partial charge in [-0.15, -0.1) is 0 Å². The van der Waals surface area contributed by atoms with E-state index in [0.717, 1.165) is 28.0 Å². The molecule has 94 valence electrons. The number of benzene rings is 2. The molecule has 3 rings (SSSR count). The molecule has 1 heterocycles. The summed E-state index contributed by atoms with van der Waals surface area (Å²) in [5.41, 5.74) is 3.19. The van der Waals surface area contributed by atoms with Gasteiger partial charge in [-0.1, -0.05) is 36.4 Å². The van der Waals surface area contributed by atoms with Gasteiger partial charge in [0.1, 0.15) is 11.3 Å². The molecule has 0 unspecified atom stereocenters. The fourth-order valence-corrected chi connectivity index (χ4v) is 2.02. The van der Waals surface area contributed by atoms with E-state index >= 15 is 0 Å². The van der Waals surface area contributed by atoms with Gasteiger partial charge in [-0.25, -0.2) is 0 Å². The molecule has 2 aromatic carbocycles. The van der Waals surface area contributed by atoms with Crippen LogP contribution in [-0.2, 0) is 0 Å². The third-order valence-electron chi connectivity index (χ3n) is 3.08. The van der Waals surface area contributed by atoms with E-state index < -0.39 is 0 Å². The van der Waals surface area contributed by atoms with Gasteiger partial charge in [-0.2, -0.15) is 0 Å². The smallest absolute Gasteiger partial charge is 0.134 e. The van der Waals surface area contributed by atoms with E-state index in [1.807, 2.05) is 37.4 Å². The predicted octanol–water partition coefficient (Wildman–Crippen LogP) is 4.64. The summed E-state index contributed by atoms with van der Waals surface area (Å²) >= 11 is 0. The number of hydrogen-bond donors (Lipinski definition) is 1. The third kappa shape index (κ3) is 2.52. The van der Waals surface area contributed by atoms with Crippen molar-refractivity contribution in [3.05, 3.63) is 65.9 Å². The second-order valence-electron chi connectivity index (χ2n) is 4.39. The molecular weight excluding hydrogens is 234 g/mol. The van der Waals surface area contributed by atoms with Crippen LogP contribution in [0.2, 0.25) is 0 Å². The highest BCUT2D eigenvalue weighted by molar-refractivity contribution is 5.81. The Morgan fingerprint density at radius 1 is 0.947 bits per heavy atom. The Hall–Kier alpha value is -2.48. The Morgan fingerprint density at radius 3 is 2.47 bits per heavy atom. The zero-order valence-electron chi connectivity index (χ0n) is 10.8. The Bertz CT molecular complexity index is 674. The average Bonchev–Trinajstić information content (AvgIpc) is 2.88. The minimum absolute atomic E-state index is 0.874. The van der Waals surface area contributed by atoms with Crippen molar-refractivity contribution < 1.29 is 4.42 Å². The van der Waals surface area contributed by atoms with Gasteiger partial charge in [0, 0.05) is 18.1 Å². The lowest BCUT2D eigenvalue weighted by molar-refractivity contribution is 0.604. The summed E-state index contributed by atoms with van der Waals surface area (Å²) in [6, 6.07) is 18.3. The van der Waals surface area contributed by atoms with Gasteiger partial charge in [0.2, 0.25) is 0 Å². The van der Waals surface area contributed by atoms with E-state index in [1.165, 1.54) is 0 Å². The molecule has 3 aromatic rings. The molecule has 0 aliphatic rings. The minimum Gasteiger partial charge on any atom is -0.457 e. The molecule has 0 bridgehead atoms. The van der Waals surface area contributed by atoms with Gasteiger partial charge in [0.15, 0.2) is 0 Å². The molecule has 0 saturated carbocycles. The van der Waals surface area contributed by atoms with Crippen LogP contribution in [0, 0.1) is 0 Å². The van der Waals surface area contributed by atoms with Gasteiger partial charge >= 0.3 is 0 Å². The standard InChI is InChI=1S/C17H15NO/c1-18-15-9-6-13(7-10-15)8-11-16-12-14-4-2-3-5-17(14)19-16/h2-12,18H,1H3. The molecule has 0 fully saturated rings. The number of para-hydroxylation sites is 1. The first-order valence-electron chi connectivity index (χ1n) is 6.29. The highest BCUT2D eigenvalue weighted by Crippen LogP contribution is 2.20. The molecule has 0 aliphatic carbocycles. The van der Waals surface area contributed by atoms with E-state index in [2.05, 4.69) is 41.7 Å². The SMILES string of the molecule is CNc1ccc(C=Cc2cc3ccccc3o2)cc1. The lowest BCUT2D eigenvalue weighted by Crippen LogP contribution is -1.86. The lowest BCUT2D eigenvalue weighted by Gasteiger charge is -1.98. The molecule has 2 heteroatoms. The Morgan fingerprint density at radius 2 is 1.74 bits per heavy atom. The summed E-state index contributed by atoms with van der Waals surface area (Å²) in [7, 11) is 1.92. The number of fused-ring (bicyclic) bond motifs is 1. The molecule has 0 aliphatic heterocycles. The first-order chi connectivity index (χ1) is 9.35. The summed E-state index contributed by atoms with van der Waals surface area (Å²) in [5, 5.41) is 4.24. The summed E-state index contributed by atoms with van der Waals surface area (Å²) < 4.78 is 5.74. The van der Waals surface area contributed by atoms with Crippen molar-refractivity contribution in [2.75, 3.05) is 12.4 Å². The third-order valence-corrected chi connectivity index (χ3v) is 3.08. The van der Waals surface area contributed by atoms with Crippen LogP contribution in [0.25, 0.3) is 23.1 Å². The summed E-state index contributed by atoms with van der Waals surface area (Å²) in [5.74, 6) is 0.874. The quantitative estimate of drug-likeness (QED) is 0.731. The monoisotopic (exact) mass is 249 g/mol. The molecular formula is C17H15NO. The molecule has 1 N–H and O–H groups in total. The molecule has 19 heavy (non-hydrogen) atoms. The van der Waals surface area contributed by atoms with Gasteiger partial charge < -0.3 is 9.73 Å². The zero-order valence-corrected chi connectivity index (χ0v) is 10.8. The number of nitrogens with one attached hydrogen (secondary N) is 1. The molecule has 1 aromatic heterocycles. The number of anilines is 1. The topological polar surface area (TPSA) is 25.2 Å². The fourth-order valence-electron chi connectivity index (χ4n) is 2.02. The van der Waals surface area contributed by atoms with E-state index in [0.29, 0.717) is 0 Å². The van der Waals surface area contributed by atoms with Crippen molar-refractivity contribution in [1.82, 2.24) is 0 Å². The van der Waals surface area contributed by atoms with E-state index in [9.17, 15) is 0 Å². The van der Waals surface area contributed by atoms with Crippen molar-refractivity contribution in [3.63, 3.8) is 0 Å². The van der Waals surface area contributed by atoms with Crippen molar-refractivity contribution >= 4 is 28.8 Å². The highest BCUT2D eigenvalue weighted by Gasteiger charge is 1.99.